The Kier molecular flexibility index (Phi) is 8.16. The van der Waals surface area contributed by atoms with Gasteiger partial charge in [0.25, 0.3) is 0 Å². The Morgan fingerprint density at radius 2 is 1.47 bits per heavy atom. The highest BCUT2D eigenvalue weighted by atomic mass is 79.9. The fourth-order valence-corrected chi connectivity index (χ4v) is 2.15. The van der Waals surface area contributed by atoms with Crippen molar-refractivity contribution in [2.75, 3.05) is 11.9 Å². The number of unbranched alkanes of at least 4 members (excludes halogenated alkanes) is 6. The molecule has 1 aromatic rings. The molecule has 0 aromatic heterocycles. The lowest BCUT2D eigenvalue weighted by Crippen LogP contribution is -2.00. The molecule has 1 nitrogen and oxygen atoms in total. The third-order valence-corrected chi connectivity index (χ3v) is 3.48. The smallest absolute Gasteiger partial charge is 0.0340 e. The van der Waals surface area contributed by atoms with E-state index < -0.39 is 0 Å². The zero-order chi connectivity index (χ0) is 12.3. The number of benzene rings is 1. The van der Waals surface area contributed by atoms with Crippen LogP contribution in [-0.2, 0) is 0 Å². The molecule has 0 aliphatic heterocycles. The van der Waals surface area contributed by atoms with E-state index in [-0.39, 0.29) is 0 Å². The quantitative estimate of drug-likeness (QED) is 0.584. The summed E-state index contributed by atoms with van der Waals surface area (Å²) in [6.07, 6.45) is 9.59. The molecule has 0 saturated carbocycles. The zero-order valence-electron chi connectivity index (χ0n) is 10.8. The molecule has 1 aromatic carbocycles. The summed E-state index contributed by atoms with van der Waals surface area (Å²) in [6, 6.07) is 8.39. The largest absolute Gasteiger partial charge is 0.385 e. The maximum absolute atomic E-state index is 3.45. The molecule has 0 unspecified atom stereocenters. The van der Waals surface area contributed by atoms with Crippen LogP contribution < -0.4 is 5.32 Å². The SMILES string of the molecule is CCCCCCCCCNc1ccc(Br)cc1. The van der Waals surface area contributed by atoms with Gasteiger partial charge in [0, 0.05) is 16.7 Å². The molecule has 2 heteroatoms. The second-order valence-electron chi connectivity index (χ2n) is 4.55. The van der Waals surface area contributed by atoms with Crippen molar-refractivity contribution in [2.45, 2.75) is 51.9 Å². The molecule has 0 amide bonds. The average Bonchev–Trinajstić information content (AvgIpc) is 2.35. The first-order valence-electron chi connectivity index (χ1n) is 6.82. The summed E-state index contributed by atoms with van der Waals surface area (Å²) in [5, 5.41) is 3.45. The molecule has 0 saturated heterocycles. The van der Waals surface area contributed by atoms with Gasteiger partial charge in [0.2, 0.25) is 0 Å². The van der Waals surface area contributed by atoms with Crippen molar-refractivity contribution in [3.63, 3.8) is 0 Å². The van der Waals surface area contributed by atoms with Gasteiger partial charge in [-0.3, -0.25) is 0 Å². The predicted molar refractivity (Wildman–Crippen MR) is 80.6 cm³/mol. The summed E-state index contributed by atoms with van der Waals surface area (Å²) in [7, 11) is 0. The van der Waals surface area contributed by atoms with Gasteiger partial charge in [0.05, 0.1) is 0 Å². The summed E-state index contributed by atoms with van der Waals surface area (Å²) >= 11 is 3.44. The van der Waals surface area contributed by atoms with Crippen LogP contribution in [0.2, 0.25) is 0 Å². The van der Waals surface area contributed by atoms with Gasteiger partial charge in [0.15, 0.2) is 0 Å². The first-order chi connectivity index (χ1) is 8.33. The Morgan fingerprint density at radius 1 is 0.882 bits per heavy atom. The fourth-order valence-electron chi connectivity index (χ4n) is 1.88. The Morgan fingerprint density at radius 3 is 2.12 bits per heavy atom. The fraction of sp³-hybridized carbons (Fsp3) is 0.600. The minimum atomic E-state index is 1.09. The van der Waals surface area contributed by atoms with Crippen LogP contribution in [0.3, 0.4) is 0 Å². The Labute approximate surface area is 114 Å². The molecule has 0 heterocycles. The van der Waals surface area contributed by atoms with Gasteiger partial charge < -0.3 is 5.32 Å². The zero-order valence-corrected chi connectivity index (χ0v) is 12.4. The van der Waals surface area contributed by atoms with Crippen molar-refractivity contribution < 1.29 is 0 Å². The number of nitrogens with one attached hydrogen (secondary N) is 1. The molecule has 0 aliphatic carbocycles. The number of halogens is 1. The monoisotopic (exact) mass is 297 g/mol. The highest BCUT2D eigenvalue weighted by Crippen LogP contribution is 2.14. The third kappa shape index (κ3) is 7.43. The summed E-state index contributed by atoms with van der Waals surface area (Å²) in [4.78, 5) is 0. The second-order valence-corrected chi connectivity index (χ2v) is 5.47. The van der Waals surface area contributed by atoms with Gasteiger partial charge in [-0.15, -0.1) is 0 Å². The molecule has 0 atom stereocenters. The predicted octanol–water partition coefficient (Wildman–Crippen LogP) is 5.61. The number of rotatable bonds is 9. The number of hydrogen-bond donors (Lipinski definition) is 1. The summed E-state index contributed by atoms with van der Waals surface area (Å²) in [5.41, 5.74) is 1.22. The molecule has 0 radical (unpaired) electrons. The van der Waals surface area contributed by atoms with Crippen LogP contribution >= 0.6 is 15.9 Å². The third-order valence-electron chi connectivity index (χ3n) is 2.95. The van der Waals surface area contributed by atoms with Gasteiger partial charge in [-0.25, -0.2) is 0 Å². The van der Waals surface area contributed by atoms with E-state index in [1.54, 1.807) is 0 Å². The van der Waals surface area contributed by atoms with E-state index in [9.17, 15) is 0 Å². The van der Waals surface area contributed by atoms with Crippen LogP contribution in [-0.4, -0.2) is 6.54 Å². The number of hydrogen-bond acceptors (Lipinski definition) is 1. The lowest BCUT2D eigenvalue weighted by molar-refractivity contribution is 0.596. The van der Waals surface area contributed by atoms with Gasteiger partial charge in [-0.05, 0) is 30.7 Å². The van der Waals surface area contributed by atoms with Crippen molar-refractivity contribution in [1.82, 2.24) is 0 Å². The van der Waals surface area contributed by atoms with Crippen LogP contribution in [0, 0.1) is 0 Å². The van der Waals surface area contributed by atoms with E-state index in [0.717, 1.165) is 11.0 Å². The molecular formula is C15H24BrN. The van der Waals surface area contributed by atoms with Crippen LogP contribution in [0.4, 0.5) is 5.69 Å². The first-order valence-corrected chi connectivity index (χ1v) is 7.61. The second kappa shape index (κ2) is 9.52. The summed E-state index contributed by atoms with van der Waals surface area (Å²) < 4.78 is 1.14. The van der Waals surface area contributed by atoms with E-state index in [0.29, 0.717) is 0 Å². The molecule has 0 aliphatic rings. The highest BCUT2D eigenvalue weighted by molar-refractivity contribution is 9.10. The lowest BCUT2D eigenvalue weighted by atomic mass is 10.1. The first kappa shape index (κ1) is 14.6. The number of anilines is 1. The van der Waals surface area contributed by atoms with E-state index in [1.807, 2.05) is 0 Å². The minimum absolute atomic E-state index is 1.09. The molecule has 1 N–H and O–H groups in total. The van der Waals surface area contributed by atoms with Gasteiger partial charge in [-0.1, -0.05) is 61.4 Å². The van der Waals surface area contributed by atoms with Gasteiger partial charge >= 0.3 is 0 Å². The van der Waals surface area contributed by atoms with Gasteiger partial charge in [0.1, 0.15) is 0 Å². The van der Waals surface area contributed by atoms with Crippen molar-refractivity contribution in [3.8, 4) is 0 Å². The molecule has 96 valence electrons. The summed E-state index contributed by atoms with van der Waals surface area (Å²) in [5.74, 6) is 0. The molecule has 1 rings (SSSR count). The van der Waals surface area contributed by atoms with Crippen molar-refractivity contribution in [3.05, 3.63) is 28.7 Å². The average molecular weight is 298 g/mol. The Balaban J connectivity index is 1.95. The summed E-state index contributed by atoms with van der Waals surface area (Å²) in [6.45, 7) is 3.36. The van der Waals surface area contributed by atoms with Crippen LogP contribution in [0.25, 0.3) is 0 Å². The lowest BCUT2D eigenvalue weighted by Gasteiger charge is -2.06. The van der Waals surface area contributed by atoms with Crippen LogP contribution in [0.15, 0.2) is 28.7 Å². The van der Waals surface area contributed by atoms with Crippen LogP contribution in [0.1, 0.15) is 51.9 Å². The van der Waals surface area contributed by atoms with E-state index in [4.69, 9.17) is 0 Å². The maximum atomic E-state index is 3.45. The minimum Gasteiger partial charge on any atom is -0.385 e. The van der Waals surface area contributed by atoms with E-state index >= 15 is 0 Å². The van der Waals surface area contributed by atoms with E-state index in [2.05, 4.69) is 52.4 Å². The van der Waals surface area contributed by atoms with E-state index in [1.165, 1.54) is 50.6 Å². The van der Waals surface area contributed by atoms with Crippen molar-refractivity contribution in [2.24, 2.45) is 0 Å². The maximum Gasteiger partial charge on any atom is 0.0340 e. The Hall–Kier alpha value is -0.500. The van der Waals surface area contributed by atoms with Crippen molar-refractivity contribution in [1.29, 1.82) is 0 Å². The Bertz CT molecular complexity index is 281. The highest BCUT2D eigenvalue weighted by Gasteiger charge is 1.93. The standard InChI is InChI=1S/C15H24BrN/c1-2-3-4-5-6-7-8-13-17-15-11-9-14(16)10-12-15/h9-12,17H,2-8,13H2,1H3. The molecule has 0 bridgehead atoms. The topological polar surface area (TPSA) is 12.0 Å². The molecule has 0 fully saturated rings. The molecule has 0 spiro atoms. The van der Waals surface area contributed by atoms with Crippen LogP contribution in [0.5, 0.6) is 0 Å². The molecule has 17 heavy (non-hydrogen) atoms. The molecular weight excluding hydrogens is 274 g/mol. The normalized spacial score (nSPS) is 10.5. The van der Waals surface area contributed by atoms with Gasteiger partial charge in [-0.2, -0.15) is 0 Å². The van der Waals surface area contributed by atoms with Crippen molar-refractivity contribution >= 4 is 21.6 Å².